The Hall–Kier alpha value is -3.22. The molecule has 0 radical (unpaired) electrons. The summed E-state index contributed by atoms with van der Waals surface area (Å²) in [5.41, 5.74) is -5.80. The number of nitrogens with one attached hydrogen (secondary N) is 1. The van der Waals surface area contributed by atoms with E-state index in [2.05, 4.69) is 9.50 Å². The van der Waals surface area contributed by atoms with E-state index in [1.807, 2.05) is 0 Å². The van der Waals surface area contributed by atoms with Gasteiger partial charge in [0.05, 0.1) is 18.5 Å². The third kappa shape index (κ3) is 7.64. The Morgan fingerprint density at radius 3 is 2.31 bits per heavy atom. The van der Waals surface area contributed by atoms with Crippen molar-refractivity contribution in [2.75, 3.05) is 18.6 Å². The number of para-hydroxylation sites is 2. The smallest absolute Gasteiger partial charge is 0.452 e. The van der Waals surface area contributed by atoms with Crippen molar-refractivity contribution in [3.63, 3.8) is 0 Å². The molecule has 0 heterocycles. The van der Waals surface area contributed by atoms with Crippen LogP contribution in [-0.2, 0) is 19.6 Å². The van der Waals surface area contributed by atoms with Gasteiger partial charge < -0.3 is 19.0 Å². The highest BCUT2D eigenvalue weighted by Gasteiger charge is 2.49. The Labute approximate surface area is 201 Å². The molecular formula is C22H27F3N2O7S. The van der Waals surface area contributed by atoms with E-state index in [1.54, 1.807) is 32.9 Å². The van der Waals surface area contributed by atoms with Crippen LogP contribution in [0.25, 0.3) is 0 Å². The predicted molar refractivity (Wildman–Crippen MR) is 121 cm³/mol. The highest BCUT2D eigenvalue weighted by molar-refractivity contribution is 7.88. The van der Waals surface area contributed by atoms with Gasteiger partial charge in [-0.3, -0.25) is 0 Å². The topological polar surface area (TPSA) is 111 Å². The van der Waals surface area contributed by atoms with E-state index in [9.17, 15) is 31.2 Å². The zero-order chi connectivity index (χ0) is 26.4. The molecule has 2 rings (SSSR count). The van der Waals surface area contributed by atoms with Gasteiger partial charge in [0.1, 0.15) is 5.60 Å². The molecule has 0 saturated carbocycles. The minimum absolute atomic E-state index is 0.133. The number of carbonyl (C=O) groups is 2. The van der Waals surface area contributed by atoms with Crippen molar-refractivity contribution >= 4 is 28.0 Å². The number of methoxy groups -OCH3 is 1. The summed E-state index contributed by atoms with van der Waals surface area (Å²) in [7, 11) is -4.92. The average Bonchev–Trinajstić information content (AvgIpc) is 2.73. The molecule has 0 unspecified atom stereocenters. The summed E-state index contributed by atoms with van der Waals surface area (Å²) in [5.74, 6) is -0.715. The monoisotopic (exact) mass is 520 g/mol. The molecule has 0 fully saturated rings. The van der Waals surface area contributed by atoms with Gasteiger partial charge in [0, 0.05) is 6.54 Å². The van der Waals surface area contributed by atoms with Gasteiger partial charge in [-0.15, -0.1) is 0 Å². The fourth-order valence-electron chi connectivity index (χ4n) is 3.09. The summed E-state index contributed by atoms with van der Waals surface area (Å²) in [5, 5.41) is 2.60. The Morgan fingerprint density at radius 1 is 1.09 bits per heavy atom. The number of benzene rings is 1. The zero-order valence-corrected chi connectivity index (χ0v) is 20.5. The summed E-state index contributed by atoms with van der Waals surface area (Å²) in [6, 6.07) is 4.88. The first-order chi connectivity index (χ1) is 16.2. The predicted octanol–water partition coefficient (Wildman–Crippen LogP) is 5.01. The maximum atomic E-state index is 12.9. The van der Waals surface area contributed by atoms with E-state index in [0.717, 1.165) is 18.1 Å². The molecule has 0 aromatic heterocycles. The van der Waals surface area contributed by atoms with Crippen molar-refractivity contribution in [2.24, 2.45) is 0 Å². The second-order valence-electron chi connectivity index (χ2n) is 8.33. The van der Waals surface area contributed by atoms with E-state index in [1.165, 1.54) is 18.2 Å². The molecule has 0 saturated heterocycles. The molecule has 1 aliphatic rings. The molecule has 0 spiro atoms. The second kappa shape index (κ2) is 11.0. The Morgan fingerprint density at radius 2 is 1.71 bits per heavy atom. The highest BCUT2D eigenvalue weighted by atomic mass is 32.2. The number of alkyl halides is 3. The molecule has 13 heteroatoms. The van der Waals surface area contributed by atoms with Crippen molar-refractivity contribution < 1.29 is 44.8 Å². The van der Waals surface area contributed by atoms with Crippen LogP contribution in [0.2, 0.25) is 0 Å². The summed E-state index contributed by atoms with van der Waals surface area (Å²) in [6.07, 6.45) is 3.19. The second-order valence-corrected chi connectivity index (χ2v) is 9.87. The third-order valence-corrected chi connectivity index (χ3v) is 5.44. The molecule has 194 valence electrons. The maximum absolute atomic E-state index is 12.9. The van der Waals surface area contributed by atoms with E-state index in [0.29, 0.717) is 18.4 Å². The van der Waals surface area contributed by atoms with E-state index < -0.39 is 39.2 Å². The van der Waals surface area contributed by atoms with Gasteiger partial charge in [-0.2, -0.15) is 21.6 Å². The normalized spacial score (nSPS) is 14.4. The minimum Gasteiger partial charge on any atom is -0.452 e. The third-order valence-electron chi connectivity index (χ3n) is 4.47. The molecule has 1 aliphatic carbocycles. The first kappa shape index (κ1) is 28.0. The highest BCUT2D eigenvalue weighted by Crippen LogP contribution is 2.38. The fraction of sp³-hybridized carbons (Fsp3) is 0.455. The lowest BCUT2D eigenvalue weighted by molar-refractivity contribution is -0.0499. The van der Waals surface area contributed by atoms with Crippen LogP contribution in [0.5, 0.6) is 5.75 Å². The molecule has 35 heavy (non-hydrogen) atoms. The molecule has 1 aromatic rings. The minimum atomic E-state index is -6.00. The first-order valence-electron chi connectivity index (χ1n) is 10.5. The van der Waals surface area contributed by atoms with E-state index in [-0.39, 0.29) is 24.4 Å². The molecule has 0 bridgehead atoms. The lowest BCUT2D eigenvalue weighted by atomic mass is 9.99. The summed E-state index contributed by atoms with van der Waals surface area (Å²) < 4.78 is 76.3. The molecule has 1 aromatic carbocycles. The number of allylic oxidation sites excluding steroid dienone is 3. The van der Waals surface area contributed by atoms with Gasteiger partial charge in [-0.1, -0.05) is 24.3 Å². The van der Waals surface area contributed by atoms with Crippen LogP contribution in [0.4, 0.5) is 28.4 Å². The van der Waals surface area contributed by atoms with Gasteiger partial charge in [0.25, 0.3) is 0 Å². The number of anilines is 1. The van der Waals surface area contributed by atoms with E-state index in [4.69, 9.17) is 9.47 Å². The van der Waals surface area contributed by atoms with Gasteiger partial charge in [0.15, 0.2) is 5.75 Å². The molecule has 0 aliphatic heterocycles. The molecule has 1 N–H and O–H groups in total. The average molecular weight is 521 g/mol. The quantitative estimate of drug-likeness (QED) is 0.398. The van der Waals surface area contributed by atoms with Gasteiger partial charge in [-0.25, -0.2) is 14.5 Å². The molecule has 0 atom stereocenters. The standard InChI is InChI=1S/C22H27F3N2O7S/c1-21(2,3)33-19(28)26-14-13-15-9-5-6-10-16(15)27(20(29)32-4)17-11-7-8-12-18(17)34-35(30,31)22(23,24)25/h7-12H,5-6,13-14H2,1-4H3,(H,26,28). The lowest BCUT2D eigenvalue weighted by Crippen LogP contribution is -2.35. The number of ether oxygens (including phenoxy) is 2. The first-order valence-corrected chi connectivity index (χ1v) is 11.9. The van der Waals surface area contributed by atoms with Crippen molar-refractivity contribution in [3.8, 4) is 5.75 Å². The number of carbonyl (C=O) groups excluding carboxylic acids is 2. The fourth-order valence-corrected chi connectivity index (χ4v) is 3.56. The number of rotatable bonds is 7. The van der Waals surface area contributed by atoms with Crippen molar-refractivity contribution in [3.05, 3.63) is 47.7 Å². The summed E-state index contributed by atoms with van der Waals surface area (Å²) >= 11 is 0. The van der Waals surface area contributed by atoms with Crippen LogP contribution in [0, 0.1) is 0 Å². The summed E-state index contributed by atoms with van der Waals surface area (Å²) in [6.45, 7) is 5.27. The SMILES string of the molecule is COC(=O)N(C1=CCCC=C1CCNC(=O)OC(C)(C)C)c1ccccc1OS(=O)(=O)C(F)(F)F. The van der Waals surface area contributed by atoms with E-state index >= 15 is 0 Å². The number of alkyl carbamates (subject to hydrolysis) is 1. The zero-order valence-electron chi connectivity index (χ0n) is 19.6. The molecule has 9 nitrogen and oxygen atoms in total. The van der Waals surface area contributed by atoms with Gasteiger partial charge in [-0.05, 0) is 57.7 Å². The number of amides is 2. The number of nitrogens with zero attached hydrogens (tertiary/aromatic N) is 1. The van der Waals surface area contributed by atoms with Gasteiger partial charge in [0.2, 0.25) is 0 Å². The molecule has 2 amide bonds. The van der Waals surface area contributed by atoms with Crippen LogP contribution < -0.4 is 14.4 Å². The Kier molecular flexibility index (Phi) is 8.82. The largest absolute Gasteiger partial charge is 0.534 e. The summed E-state index contributed by atoms with van der Waals surface area (Å²) in [4.78, 5) is 25.6. The van der Waals surface area contributed by atoms with Crippen molar-refractivity contribution in [2.45, 2.75) is 51.1 Å². The van der Waals surface area contributed by atoms with Crippen molar-refractivity contribution in [1.29, 1.82) is 0 Å². The number of hydrogen-bond acceptors (Lipinski definition) is 7. The Balaban J connectivity index is 2.36. The lowest BCUT2D eigenvalue weighted by Gasteiger charge is -2.29. The maximum Gasteiger partial charge on any atom is 0.534 e. The molecular weight excluding hydrogens is 493 g/mol. The Bertz CT molecular complexity index is 1110. The van der Waals surface area contributed by atoms with Crippen LogP contribution in [0.15, 0.2) is 47.7 Å². The van der Waals surface area contributed by atoms with Crippen LogP contribution in [0.1, 0.15) is 40.0 Å². The van der Waals surface area contributed by atoms with Crippen LogP contribution in [-0.4, -0.2) is 45.4 Å². The van der Waals surface area contributed by atoms with Crippen molar-refractivity contribution in [1.82, 2.24) is 5.32 Å². The van der Waals surface area contributed by atoms with Crippen LogP contribution in [0.3, 0.4) is 0 Å². The number of hydrogen-bond donors (Lipinski definition) is 1. The van der Waals surface area contributed by atoms with Crippen LogP contribution >= 0.6 is 0 Å². The number of halogens is 3. The van der Waals surface area contributed by atoms with Gasteiger partial charge >= 0.3 is 27.8 Å².